The van der Waals surface area contributed by atoms with Gasteiger partial charge in [-0.15, -0.1) is 0 Å². The van der Waals surface area contributed by atoms with Crippen LogP contribution in [-0.2, 0) is 20.9 Å². The van der Waals surface area contributed by atoms with Crippen molar-refractivity contribution in [1.82, 2.24) is 4.90 Å². The number of rotatable bonds is 8. The molecular weight excluding hydrogens is 363 g/mol. The van der Waals surface area contributed by atoms with Crippen molar-refractivity contribution in [3.8, 4) is 5.75 Å². The third-order valence-electron chi connectivity index (χ3n) is 4.46. The van der Waals surface area contributed by atoms with Crippen LogP contribution in [-0.4, -0.2) is 50.0 Å². The SMILES string of the molecule is COCC(=O)N(Cc1cccc(F)c1)C[C@H]1CC(c2ccc(OC)cc2)=NO1. The van der Waals surface area contributed by atoms with Crippen LogP contribution in [0.4, 0.5) is 4.39 Å². The Morgan fingerprint density at radius 1 is 1.25 bits per heavy atom. The van der Waals surface area contributed by atoms with E-state index in [0.29, 0.717) is 18.5 Å². The molecule has 2 aromatic carbocycles. The summed E-state index contributed by atoms with van der Waals surface area (Å²) in [6.07, 6.45) is 0.304. The highest BCUT2D eigenvalue weighted by Gasteiger charge is 2.27. The van der Waals surface area contributed by atoms with E-state index >= 15 is 0 Å². The third-order valence-corrected chi connectivity index (χ3v) is 4.46. The molecule has 1 heterocycles. The fraction of sp³-hybridized carbons (Fsp3) is 0.333. The van der Waals surface area contributed by atoms with Gasteiger partial charge in [0.2, 0.25) is 5.91 Å². The topological polar surface area (TPSA) is 60.4 Å². The van der Waals surface area contributed by atoms with Gasteiger partial charge in [-0.3, -0.25) is 4.79 Å². The van der Waals surface area contributed by atoms with Gasteiger partial charge >= 0.3 is 0 Å². The van der Waals surface area contributed by atoms with E-state index in [0.717, 1.165) is 17.0 Å². The second kappa shape index (κ2) is 9.32. The fourth-order valence-electron chi connectivity index (χ4n) is 3.05. The van der Waals surface area contributed by atoms with E-state index in [4.69, 9.17) is 14.3 Å². The number of ether oxygens (including phenoxy) is 2. The van der Waals surface area contributed by atoms with Crippen molar-refractivity contribution in [3.63, 3.8) is 0 Å². The number of benzene rings is 2. The number of oxime groups is 1. The Morgan fingerprint density at radius 2 is 2.04 bits per heavy atom. The van der Waals surface area contributed by atoms with Crippen molar-refractivity contribution in [2.75, 3.05) is 27.4 Å². The molecule has 3 rings (SSSR count). The number of carbonyl (C=O) groups is 1. The second-order valence-corrected chi connectivity index (χ2v) is 6.54. The van der Waals surface area contributed by atoms with E-state index in [1.807, 2.05) is 24.3 Å². The van der Waals surface area contributed by atoms with Crippen molar-refractivity contribution in [2.24, 2.45) is 5.16 Å². The lowest BCUT2D eigenvalue weighted by molar-refractivity contribution is -0.137. The number of hydrogen-bond donors (Lipinski definition) is 0. The highest BCUT2D eigenvalue weighted by molar-refractivity contribution is 6.01. The monoisotopic (exact) mass is 386 g/mol. The molecule has 0 radical (unpaired) electrons. The maximum atomic E-state index is 13.5. The standard InChI is InChI=1S/C21H23FN2O4/c1-26-14-21(25)24(12-15-4-3-5-17(22)10-15)13-19-11-20(23-28-19)16-6-8-18(27-2)9-7-16/h3-10,19H,11-14H2,1-2H3/t19-/m1/s1. The molecule has 1 aliphatic rings. The molecule has 0 saturated heterocycles. The van der Waals surface area contributed by atoms with Crippen LogP contribution in [0.15, 0.2) is 53.7 Å². The van der Waals surface area contributed by atoms with Crippen LogP contribution in [0.1, 0.15) is 17.5 Å². The molecule has 1 amide bonds. The van der Waals surface area contributed by atoms with Crippen LogP contribution in [0.5, 0.6) is 5.75 Å². The van der Waals surface area contributed by atoms with Gasteiger partial charge in [0.05, 0.1) is 19.4 Å². The Bertz CT molecular complexity index is 839. The highest BCUT2D eigenvalue weighted by Crippen LogP contribution is 2.21. The second-order valence-electron chi connectivity index (χ2n) is 6.54. The molecule has 2 aromatic rings. The summed E-state index contributed by atoms with van der Waals surface area (Å²) in [5.74, 6) is 0.249. The third kappa shape index (κ3) is 5.07. The van der Waals surface area contributed by atoms with Crippen LogP contribution >= 0.6 is 0 Å². The largest absolute Gasteiger partial charge is 0.497 e. The first-order valence-electron chi connectivity index (χ1n) is 8.97. The molecule has 0 fully saturated rings. The van der Waals surface area contributed by atoms with Gasteiger partial charge in [-0.1, -0.05) is 17.3 Å². The summed E-state index contributed by atoms with van der Waals surface area (Å²) in [5, 5.41) is 4.17. The van der Waals surface area contributed by atoms with E-state index in [2.05, 4.69) is 5.16 Å². The van der Waals surface area contributed by atoms with Gasteiger partial charge in [-0.05, 0) is 47.5 Å². The minimum Gasteiger partial charge on any atom is -0.497 e. The van der Waals surface area contributed by atoms with Crippen LogP contribution in [0.2, 0.25) is 0 Å². The first kappa shape index (κ1) is 19.8. The Kier molecular flexibility index (Phi) is 6.60. The van der Waals surface area contributed by atoms with Gasteiger partial charge in [-0.25, -0.2) is 4.39 Å². The van der Waals surface area contributed by atoms with E-state index in [1.165, 1.54) is 19.2 Å². The van der Waals surface area contributed by atoms with Gasteiger partial charge in [0.25, 0.3) is 0 Å². The number of nitrogens with zero attached hydrogens (tertiary/aromatic N) is 2. The quantitative estimate of drug-likeness (QED) is 0.700. The van der Waals surface area contributed by atoms with Crippen molar-refractivity contribution >= 4 is 11.6 Å². The average molecular weight is 386 g/mol. The molecule has 28 heavy (non-hydrogen) atoms. The van der Waals surface area contributed by atoms with Gasteiger partial charge in [0, 0.05) is 20.1 Å². The molecule has 0 aliphatic carbocycles. The summed E-state index contributed by atoms with van der Waals surface area (Å²) >= 11 is 0. The van der Waals surface area contributed by atoms with E-state index < -0.39 is 0 Å². The minimum atomic E-state index is -0.334. The minimum absolute atomic E-state index is 0.0474. The van der Waals surface area contributed by atoms with Crippen molar-refractivity contribution in [3.05, 3.63) is 65.5 Å². The maximum absolute atomic E-state index is 13.5. The number of carbonyl (C=O) groups excluding carboxylic acids is 1. The summed E-state index contributed by atoms with van der Waals surface area (Å²) in [7, 11) is 3.08. The Balaban J connectivity index is 1.65. The van der Waals surface area contributed by atoms with E-state index in [1.54, 1.807) is 24.1 Å². The predicted octanol–water partition coefficient (Wildman–Crippen LogP) is 3.00. The summed E-state index contributed by atoms with van der Waals surface area (Å²) < 4.78 is 23.6. The zero-order valence-corrected chi connectivity index (χ0v) is 15.9. The smallest absolute Gasteiger partial charge is 0.248 e. The molecule has 1 aliphatic heterocycles. The lowest BCUT2D eigenvalue weighted by Crippen LogP contribution is -2.39. The van der Waals surface area contributed by atoms with E-state index in [-0.39, 0.29) is 31.0 Å². The Morgan fingerprint density at radius 3 is 2.71 bits per heavy atom. The van der Waals surface area contributed by atoms with Crippen LogP contribution in [0.3, 0.4) is 0 Å². The van der Waals surface area contributed by atoms with Crippen molar-refractivity contribution < 1.29 is 23.5 Å². The molecule has 0 bridgehead atoms. The lowest BCUT2D eigenvalue weighted by Gasteiger charge is -2.24. The molecule has 0 aromatic heterocycles. The summed E-state index contributed by atoms with van der Waals surface area (Å²) in [6.45, 7) is 0.563. The molecule has 0 unspecified atom stereocenters. The Hall–Kier alpha value is -2.93. The molecule has 148 valence electrons. The first-order chi connectivity index (χ1) is 13.6. The number of hydrogen-bond acceptors (Lipinski definition) is 5. The number of halogens is 1. The summed E-state index contributed by atoms with van der Waals surface area (Å²) in [5.41, 5.74) is 2.47. The van der Waals surface area contributed by atoms with Crippen LogP contribution < -0.4 is 4.74 Å². The van der Waals surface area contributed by atoms with Crippen molar-refractivity contribution in [2.45, 2.75) is 19.1 Å². The normalized spacial score (nSPS) is 15.7. The van der Waals surface area contributed by atoms with Crippen LogP contribution in [0, 0.1) is 5.82 Å². The molecule has 6 nitrogen and oxygen atoms in total. The van der Waals surface area contributed by atoms with E-state index in [9.17, 15) is 9.18 Å². The maximum Gasteiger partial charge on any atom is 0.248 e. The molecule has 1 atom stereocenters. The summed E-state index contributed by atoms with van der Waals surface area (Å²) in [4.78, 5) is 19.6. The zero-order valence-electron chi connectivity index (χ0n) is 15.9. The van der Waals surface area contributed by atoms with Crippen LogP contribution in [0.25, 0.3) is 0 Å². The lowest BCUT2D eigenvalue weighted by atomic mass is 10.0. The summed E-state index contributed by atoms with van der Waals surface area (Å²) in [6, 6.07) is 13.8. The zero-order chi connectivity index (χ0) is 19.9. The van der Waals surface area contributed by atoms with Crippen molar-refractivity contribution in [1.29, 1.82) is 0 Å². The van der Waals surface area contributed by atoms with Gasteiger partial charge in [-0.2, -0.15) is 0 Å². The number of amides is 1. The highest BCUT2D eigenvalue weighted by atomic mass is 19.1. The molecule has 0 spiro atoms. The average Bonchev–Trinajstić information content (AvgIpc) is 3.16. The molecule has 0 N–H and O–H groups in total. The first-order valence-corrected chi connectivity index (χ1v) is 8.97. The molecule has 0 saturated carbocycles. The molecule has 7 heteroatoms. The van der Waals surface area contributed by atoms with Gasteiger partial charge < -0.3 is 19.2 Å². The Labute approximate surface area is 163 Å². The number of methoxy groups -OCH3 is 2. The fourth-order valence-corrected chi connectivity index (χ4v) is 3.05. The molecular formula is C21H23FN2O4. The van der Waals surface area contributed by atoms with Gasteiger partial charge in [0.15, 0.2) is 6.10 Å². The van der Waals surface area contributed by atoms with Gasteiger partial charge in [0.1, 0.15) is 18.2 Å². The predicted molar refractivity (Wildman–Crippen MR) is 103 cm³/mol.